The van der Waals surface area contributed by atoms with Gasteiger partial charge in [-0.2, -0.15) is 0 Å². The van der Waals surface area contributed by atoms with Crippen molar-refractivity contribution in [1.82, 2.24) is 14.8 Å². The molecule has 0 radical (unpaired) electrons. The van der Waals surface area contributed by atoms with Crippen LogP contribution in [0.2, 0.25) is 0 Å². The summed E-state index contributed by atoms with van der Waals surface area (Å²) in [7, 11) is 4.12. The van der Waals surface area contributed by atoms with Crippen LogP contribution in [0.25, 0.3) is 0 Å². The first-order valence-electron chi connectivity index (χ1n) is 9.07. The van der Waals surface area contributed by atoms with Crippen LogP contribution in [0.4, 0.5) is 0 Å². The number of carbonyl (C=O) groups is 1. The summed E-state index contributed by atoms with van der Waals surface area (Å²) in [6.07, 6.45) is 10.3. The monoisotopic (exact) mass is 315 g/mol. The molecule has 1 aliphatic carbocycles. The van der Waals surface area contributed by atoms with Gasteiger partial charge in [0.1, 0.15) is 5.69 Å². The summed E-state index contributed by atoms with van der Waals surface area (Å²) in [4.78, 5) is 21.5. The molecule has 0 N–H and O–H groups in total. The molecule has 2 aliphatic rings. The smallest absolute Gasteiger partial charge is 0.272 e. The lowest BCUT2D eigenvalue weighted by Gasteiger charge is -2.32. The van der Waals surface area contributed by atoms with Crippen LogP contribution < -0.4 is 0 Å². The molecule has 3 rings (SSSR count). The van der Waals surface area contributed by atoms with Gasteiger partial charge in [0.25, 0.3) is 5.91 Å². The van der Waals surface area contributed by atoms with Gasteiger partial charge in [0.05, 0.1) is 0 Å². The van der Waals surface area contributed by atoms with Crippen molar-refractivity contribution >= 4 is 5.91 Å². The van der Waals surface area contributed by atoms with Crippen LogP contribution in [-0.2, 0) is 0 Å². The molecule has 2 fully saturated rings. The Hall–Kier alpha value is -1.42. The molecule has 126 valence electrons. The van der Waals surface area contributed by atoms with Crippen LogP contribution in [0.1, 0.15) is 66.9 Å². The molecule has 0 unspecified atom stereocenters. The molecule has 2 heterocycles. The fourth-order valence-corrected chi connectivity index (χ4v) is 4.07. The topological polar surface area (TPSA) is 36.4 Å². The van der Waals surface area contributed by atoms with E-state index in [9.17, 15) is 4.79 Å². The van der Waals surface area contributed by atoms with E-state index in [1.807, 2.05) is 24.2 Å². The summed E-state index contributed by atoms with van der Waals surface area (Å²) in [5.41, 5.74) is 1.88. The minimum Gasteiger partial charge on any atom is -0.337 e. The molecule has 4 heteroatoms. The third-order valence-electron chi connectivity index (χ3n) is 5.54. The van der Waals surface area contributed by atoms with Gasteiger partial charge in [0.15, 0.2) is 0 Å². The van der Waals surface area contributed by atoms with E-state index >= 15 is 0 Å². The third-order valence-corrected chi connectivity index (χ3v) is 5.54. The van der Waals surface area contributed by atoms with Crippen molar-refractivity contribution in [2.24, 2.45) is 0 Å². The normalized spacial score (nSPS) is 23.7. The highest BCUT2D eigenvalue weighted by atomic mass is 16.2. The molecule has 1 aliphatic heterocycles. The largest absolute Gasteiger partial charge is 0.337 e. The van der Waals surface area contributed by atoms with Crippen molar-refractivity contribution in [3.05, 3.63) is 29.6 Å². The molecular weight excluding hydrogens is 286 g/mol. The van der Waals surface area contributed by atoms with Crippen molar-refractivity contribution in [1.29, 1.82) is 0 Å². The van der Waals surface area contributed by atoms with Crippen molar-refractivity contribution in [2.45, 2.75) is 56.9 Å². The zero-order valence-corrected chi connectivity index (χ0v) is 14.5. The Morgan fingerprint density at radius 3 is 2.74 bits per heavy atom. The number of rotatable bonds is 3. The number of nitrogens with zero attached hydrogens (tertiary/aromatic N) is 3. The standard InChI is InChI=1S/C19H29N3O/c1-21-12-6-7-16(14-21)15-10-11-20-18(13-15)19(23)22(2)17-8-4-3-5-9-17/h10-11,13,16-17H,3-9,12,14H2,1-2H3/t16-/m0/s1. The number of hydrogen-bond acceptors (Lipinski definition) is 3. The Morgan fingerprint density at radius 1 is 1.22 bits per heavy atom. The summed E-state index contributed by atoms with van der Waals surface area (Å²) >= 11 is 0. The van der Waals surface area contributed by atoms with E-state index in [1.165, 1.54) is 44.2 Å². The van der Waals surface area contributed by atoms with Crippen LogP contribution in [0.15, 0.2) is 18.3 Å². The van der Waals surface area contributed by atoms with Gasteiger partial charge in [0, 0.05) is 25.8 Å². The number of amides is 1. The number of carbonyl (C=O) groups excluding carboxylic acids is 1. The van der Waals surface area contributed by atoms with Gasteiger partial charge in [-0.3, -0.25) is 9.78 Å². The van der Waals surface area contributed by atoms with Gasteiger partial charge in [0.2, 0.25) is 0 Å². The fraction of sp³-hybridized carbons (Fsp3) is 0.684. The summed E-state index contributed by atoms with van der Waals surface area (Å²) in [5.74, 6) is 0.617. The van der Waals surface area contributed by atoms with Crippen molar-refractivity contribution in [3.8, 4) is 0 Å². The van der Waals surface area contributed by atoms with E-state index in [0.29, 0.717) is 17.7 Å². The van der Waals surface area contributed by atoms with Crippen LogP contribution in [0, 0.1) is 0 Å². The summed E-state index contributed by atoms with van der Waals surface area (Å²) in [6, 6.07) is 4.51. The fourth-order valence-electron chi connectivity index (χ4n) is 4.07. The van der Waals surface area contributed by atoms with E-state index in [4.69, 9.17) is 0 Å². The van der Waals surface area contributed by atoms with Crippen LogP contribution in [0.3, 0.4) is 0 Å². The zero-order chi connectivity index (χ0) is 16.2. The molecule has 0 aromatic carbocycles. The minimum atomic E-state index is 0.0860. The molecular formula is C19H29N3O. The molecule has 1 saturated heterocycles. The average Bonchev–Trinajstić information content (AvgIpc) is 2.61. The molecule has 1 saturated carbocycles. The maximum atomic E-state index is 12.8. The first-order valence-corrected chi connectivity index (χ1v) is 9.07. The molecule has 1 amide bonds. The van der Waals surface area contributed by atoms with Crippen molar-refractivity contribution in [3.63, 3.8) is 0 Å². The quantitative estimate of drug-likeness (QED) is 0.859. The van der Waals surface area contributed by atoms with Gasteiger partial charge in [-0.15, -0.1) is 0 Å². The lowest BCUT2D eigenvalue weighted by Crippen LogP contribution is -2.38. The highest BCUT2D eigenvalue weighted by Gasteiger charge is 2.25. The Morgan fingerprint density at radius 2 is 2.00 bits per heavy atom. The van der Waals surface area contributed by atoms with Crippen LogP contribution in [0.5, 0.6) is 0 Å². The number of pyridine rings is 1. The van der Waals surface area contributed by atoms with E-state index in [0.717, 1.165) is 19.4 Å². The van der Waals surface area contributed by atoms with E-state index < -0.39 is 0 Å². The second-order valence-corrected chi connectivity index (χ2v) is 7.28. The molecule has 1 atom stereocenters. The number of likely N-dealkylation sites (tertiary alicyclic amines) is 1. The van der Waals surface area contributed by atoms with E-state index in [-0.39, 0.29) is 5.91 Å². The van der Waals surface area contributed by atoms with Gasteiger partial charge in [-0.05, 0) is 62.9 Å². The maximum absolute atomic E-state index is 12.8. The number of piperidine rings is 1. The Labute approximate surface area is 139 Å². The predicted octanol–water partition coefficient (Wildman–Crippen LogP) is 3.30. The van der Waals surface area contributed by atoms with Crippen molar-refractivity contribution in [2.75, 3.05) is 27.2 Å². The Bertz CT molecular complexity index is 539. The highest BCUT2D eigenvalue weighted by Crippen LogP contribution is 2.27. The van der Waals surface area contributed by atoms with Crippen LogP contribution in [-0.4, -0.2) is 53.9 Å². The zero-order valence-electron chi connectivity index (χ0n) is 14.5. The molecule has 0 spiro atoms. The number of hydrogen-bond donors (Lipinski definition) is 0. The van der Waals surface area contributed by atoms with E-state index in [1.54, 1.807) is 0 Å². The first-order chi connectivity index (χ1) is 11.1. The predicted molar refractivity (Wildman–Crippen MR) is 92.7 cm³/mol. The second kappa shape index (κ2) is 7.43. The van der Waals surface area contributed by atoms with Gasteiger partial charge >= 0.3 is 0 Å². The molecule has 1 aromatic heterocycles. The third kappa shape index (κ3) is 3.92. The Balaban J connectivity index is 1.72. The van der Waals surface area contributed by atoms with Crippen LogP contribution >= 0.6 is 0 Å². The molecule has 1 aromatic rings. The van der Waals surface area contributed by atoms with Gasteiger partial charge < -0.3 is 9.80 Å². The summed E-state index contributed by atoms with van der Waals surface area (Å²) < 4.78 is 0. The van der Waals surface area contributed by atoms with Gasteiger partial charge in [-0.1, -0.05) is 19.3 Å². The first kappa shape index (κ1) is 16.4. The number of likely N-dealkylation sites (N-methyl/N-ethyl adjacent to an activating group) is 1. The maximum Gasteiger partial charge on any atom is 0.272 e. The average molecular weight is 315 g/mol. The molecule has 23 heavy (non-hydrogen) atoms. The molecule has 0 bridgehead atoms. The second-order valence-electron chi connectivity index (χ2n) is 7.28. The highest BCUT2D eigenvalue weighted by molar-refractivity contribution is 5.92. The Kier molecular flexibility index (Phi) is 5.31. The van der Waals surface area contributed by atoms with Gasteiger partial charge in [-0.25, -0.2) is 0 Å². The lowest BCUT2D eigenvalue weighted by molar-refractivity contribution is 0.0690. The number of aromatic nitrogens is 1. The summed E-state index contributed by atoms with van der Waals surface area (Å²) in [5, 5.41) is 0. The molecule has 4 nitrogen and oxygen atoms in total. The summed E-state index contributed by atoms with van der Waals surface area (Å²) in [6.45, 7) is 2.26. The minimum absolute atomic E-state index is 0.0860. The van der Waals surface area contributed by atoms with Crippen molar-refractivity contribution < 1.29 is 4.79 Å². The van der Waals surface area contributed by atoms with E-state index in [2.05, 4.69) is 23.0 Å². The SMILES string of the molecule is CN1CCC[C@H](c2ccnc(C(=O)N(C)C3CCCCC3)c2)C1. The lowest BCUT2D eigenvalue weighted by atomic mass is 9.91.